The van der Waals surface area contributed by atoms with Crippen molar-refractivity contribution in [2.75, 3.05) is 33.3 Å². The molecule has 1 aliphatic carbocycles. The molecule has 1 saturated heterocycles. The molecule has 0 aromatic heterocycles. The van der Waals surface area contributed by atoms with E-state index in [1.54, 1.807) is 19.3 Å². The van der Waals surface area contributed by atoms with Gasteiger partial charge >= 0.3 is 0 Å². The summed E-state index contributed by atoms with van der Waals surface area (Å²) in [6.45, 7) is 2.49. The van der Waals surface area contributed by atoms with Gasteiger partial charge < -0.3 is 14.5 Å². The minimum Gasteiger partial charge on any atom is -0.496 e. The van der Waals surface area contributed by atoms with Crippen LogP contribution in [0.15, 0.2) is 30.3 Å². The Morgan fingerprint density at radius 3 is 2.35 bits per heavy atom. The van der Waals surface area contributed by atoms with E-state index in [-0.39, 0.29) is 11.8 Å². The lowest BCUT2D eigenvalue weighted by Gasteiger charge is -2.36. The Balaban J connectivity index is 1.52. The SMILES string of the molecule is COc1ccccc1/C=C/C(=O)N1CCN(C(=O)C2CCCCC2)CC1. The lowest BCUT2D eigenvalue weighted by atomic mass is 9.88. The Morgan fingerprint density at radius 2 is 1.65 bits per heavy atom. The van der Waals surface area contributed by atoms with Gasteiger partial charge in [-0.1, -0.05) is 37.5 Å². The first-order valence-corrected chi connectivity index (χ1v) is 9.58. The molecule has 1 heterocycles. The summed E-state index contributed by atoms with van der Waals surface area (Å²) in [6, 6.07) is 7.62. The zero-order chi connectivity index (χ0) is 18.4. The molecule has 2 amide bonds. The first-order valence-electron chi connectivity index (χ1n) is 9.58. The average molecular weight is 356 g/mol. The number of piperazine rings is 1. The lowest BCUT2D eigenvalue weighted by Crippen LogP contribution is -2.51. The van der Waals surface area contributed by atoms with Gasteiger partial charge in [0, 0.05) is 43.7 Å². The number of carbonyl (C=O) groups is 2. The van der Waals surface area contributed by atoms with E-state index in [9.17, 15) is 9.59 Å². The summed E-state index contributed by atoms with van der Waals surface area (Å²) >= 11 is 0. The van der Waals surface area contributed by atoms with Gasteiger partial charge in [-0.3, -0.25) is 9.59 Å². The summed E-state index contributed by atoms with van der Waals surface area (Å²) in [6.07, 6.45) is 9.03. The highest BCUT2D eigenvalue weighted by atomic mass is 16.5. The molecule has 26 heavy (non-hydrogen) atoms. The fourth-order valence-corrected chi connectivity index (χ4v) is 3.83. The van der Waals surface area contributed by atoms with Crippen molar-refractivity contribution >= 4 is 17.9 Å². The monoisotopic (exact) mass is 356 g/mol. The molecule has 1 saturated carbocycles. The van der Waals surface area contributed by atoms with Gasteiger partial charge in [-0.05, 0) is 25.0 Å². The second-order valence-corrected chi connectivity index (χ2v) is 7.06. The van der Waals surface area contributed by atoms with Crippen molar-refractivity contribution in [3.8, 4) is 5.75 Å². The third kappa shape index (κ3) is 4.45. The number of nitrogens with zero attached hydrogens (tertiary/aromatic N) is 2. The van der Waals surface area contributed by atoms with Gasteiger partial charge in [0.2, 0.25) is 11.8 Å². The summed E-state index contributed by atoms with van der Waals surface area (Å²) in [4.78, 5) is 28.8. The Labute approximate surface area is 155 Å². The second-order valence-electron chi connectivity index (χ2n) is 7.06. The molecule has 2 aliphatic rings. The highest BCUT2D eigenvalue weighted by molar-refractivity contribution is 5.92. The number of carbonyl (C=O) groups excluding carboxylic acids is 2. The topological polar surface area (TPSA) is 49.9 Å². The van der Waals surface area contributed by atoms with Crippen molar-refractivity contribution < 1.29 is 14.3 Å². The minimum absolute atomic E-state index is 0.0133. The largest absolute Gasteiger partial charge is 0.496 e. The molecule has 1 aliphatic heterocycles. The van der Waals surface area contributed by atoms with Crippen LogP contribution in [0.25, 0.3) is 6.08 Å². The van der Waals surface area contributed by atoms with E-state index in [0.717, 1.165) is 24.2 Å². The molecule has 0 N–H and O–H groups in total. The van der Waals surface area contributed by atoms with Crippen LogP contribution in [0.1, 0.15) is 37.7 Å². The smallest absolute Gasteiger partial charge is 0.246 e. The quantitative estimate of drug-likeness (QED) is 0.780. The molecular weight excluding hydrogens is 328 g/mol. The molecular formula is C21H28N2O3. The van der Waals surface area contributed by atoms with E-state index in [2.05, 4.69) is 0 Å². The summed E-state index contributed by atoms with van der Waals surface area (Å²) in [7, 11) is 1.62. The number of para-hydroxylation sites is 1. The van der Waals surface area contributed by atoms with Crippen molar-refractivity contribution in [1.82, 2.24) is 9.80 Å². The number of benzene rings is 1. The van der Waals surface area contributed by atoms with E-state index in [4.69, 9.17) is 4.74 Å². The molecule has 0 radical (unpaired) electrons. The highest BCUT2D eigenvalue weighted by Crippen LogP contribution is 2.26. The first-order chi connectivity index (χ1) is 12.7. The molecule has 5 nitrogen and oxygen atoms in total. The summed E-state index contributed by atoms with van der Waals surface area (Å²) in [5, 5.41) is 0. The van der Waals surface area contributed by atoms with Crippen LogP contribution < -0.4 is 4.74 Å². The van der Waals surface area contributed by atoms with Crippen molar-refractivity contribution in [2.45, 2.75) is 32.1 Å². The molecule has 5 heteroatoms. The van der Waals surface area contributed by atoms with Gasteiger partial charge in [-0.25, -0.2) is 0 Å². The van der Waals surface area contributed by atoms with Crippen LogP contribution in [0.5, 0.6) is 5.75 Å². The van der Waals surface area contributed by atoms with Crippen molar-refractivity contribution in [2.24, 2.45) is 5.92 Å². The van der Waals surface area contributed by atoms with Crippen molar-refractivity contribution in [3.63, 3.8) is 0 Å². The summed E-state index contributed by atoms with van der Waals surface area (Å²) in [5.41, 5.74) is 0.884. The number of hydrogen-bond acceptors (Lipinski definition) is 3. The molecule has 1 aromatic rings. The summed E-state index contributed by atoms with van der Waals surface area (Å²) < 4.78 is 5.30. The number of rotatable bonds is 4. The van der Waals surface area contributed by atoms with Crippen LogP contribution >= 0.6 is 0 Å². The van der Waals surface area contributed by atoms with Gasteiger partial charge in [-0.2, -0.15) is 0 Å². The van der Waals surface area contributed by atoms with Crippen LogP contribution in [0.4, 0.5) is 0 Å². The average Bonchev–Trinajstić information content (AvgIpc) is 2.72. The molecule has 0 spiro atoms. The van der Waals surface area contributed by atoms with Crippen molar-refractivity contribution in [3.05, 3.63) is 35.9 Å². The van der Waals surface area contributed by atoms with Gasteiger partial charge in [-0.15, -0.1) is 0 Å². The number of methoxy groups -OCH3 is 1. The highest BCUT2D eigenvalue weighted by Gasteiger charge is 2.29. The van der Waals surface area contributed by atoms with E-state index >= 15 is 0 Å². The zero-order valence-corrected chi connectivity index (χ0v) is 15.5. The molecule has 2 fully saturated rings. The fraction of sp³-hybridized carbons (Fsp3) is 0.524. The van der Waals surface area contributed by atoms with Crippen LogP contribution in [0.3, 0.4) is 0 Å². The summed E-state index contributed by atoms with van der Waals surface area (Å²) in [5.74, 6) is 1.23. The fourth-order valence-electron chi connectivity index (χ4n) is 3.83. The van der Waals surface area contributed by atoms with Gasteiger partial charge in [0.05, 0.1) is 7.11 Å². The second kappa shape index (κ2) is 8.88. The van der Waals surface area contributed by atoms with Crippen LogP contribution in [-0.2, 0) is 9.59 Å². The lowest BCUT2D eigenvalue weighted by molar-refractivity contribution is -0.141. The number of hydrogen-bond donors (Lipinski definition) is 0. The Hall–Kier alpha value is -2.30. The van der Waals surface area contributed by atoms with E-state index in [1.165, 1.54) is 19.3 Å². The maximum absolute atomic E-state index is 12.6. The Morgan fingerprint density at radius 1 is 1.00 bits per heavy atom. The zero-order valence-electron chi connectivity index (χ0n) is 15.5. The third-order valence-electron chi connectivity index (χ3n) is 5.40. The van der Waals surface area contributed by atoms with E-state index < -0.39 is 0 Å². The van der Waals surface area contributed by atoms with Gasteiger partial charge in [0.15, 0.2) is 0 Å². The molecule has 0 atom stereocenters. The maximum atomic E-state index is 12.6. The standard InChI is InChI=1S/C21H28N2O3/c1-26-19-10-6-5-7-17(19)11-12-20(24)22-13-15-23(16-14-22)21(25)18-8-3-2-4-9-18/h5-7,10-12,18H,2-4,8-9,13-16H2,1H3/b12-11+. The number of amides is 2. The number of ether oxygens (including phenoxy) is 1. The van der Waals surface area contributed by atoms with Gasteiger partial charge in [0.1, 0.15) is 5.75 Å². The molecule has 1 aromatic carbocycles. The predicted octanol–water partition coefficient (Wildman–Crippen LogP) is 2.96. The molecule has 140 valence electrons. The minimum atomic E-state index is -0.0133. The van der Waals surface area contributed by atoms with E-state index in [0.29, 0.717) is 32.1 Å². The van der Waals surface area contributed by atoms with Crippen LogP contribution in [0.2, 0.25) is 0 Å². The maximum Gasteiger partial charge on any atom is 0.246 e. The van der Waals surface area contributed by atoms with E-state index in [1.807, 2.05) is 34.1 Å². The molecule has 0 unspecified atom stereocenters. The van der Waals surface area contributed by atoms with Crippen molar-refractivity contribution in [1.29, 1.82) is 0 Å². The molecule has 3 rings (SSSR count). The van der Waals surface area contributed by atoms with Gasteiger partial charge in [0.25, 0.3) is 0 Å². The van der Waals surface area contributed by atoms with Crippen LogP contribution in [-0.4, -0.2) is 54.9 Å². The Bertz CT molecular complexity index is 657. The molecule has 0 bridgehead atoms. The first kappa shape index (κ1) is 18.5. The normalized spacial score (nSPS) is 19.0. The predicted molar refractivity (Wildman–Crippen MR) is 102 cm³/mol. The van der Waals surface area contributed by atoms with Crippen LogP contribution in [0, 0.1) is 5.92 Å². The Kier molecular flexibility index (Phi) is 6.31. The third-order valence-corrected chi connectivity index (χ3v) is 5.40.